The van der Waals surface area contributed by atoms with E-state index in [-0.39, 0.29) is 0 Å². The molecule has 5 heteroatoms. The van der Waals surface area contributed by atoms with Crippen LogP contribution in [0.4, 0.5) is 14.5 Å². The lowest BCUT2D eigenvalue weighted by molar-refractivity contribution is -0.122. The number of carbonyl (C=O) groups excluding carboxylic acids is 1. The average molecular weight is 331 g/mol. The molecule has 0 aromatic heterocycles. The normalized spacial score (nSPS) is 14.6. The number of aryl methyl sites for hydroxylation is 2. The number of hydrogen-bond donors (Lipinski definition) is 1. The van der Waals surface area contributed by atoms with Gasteiger partial charge in [0.05, 0.1) is 0 Å². The van der Waals surface area contributed by atoms with Gasteiger partial charge in [0.15, 0.2) is 6.10 Å². The van der Waals surface area contributed by atoms with E-state index in [9.17, 15) is 13.6 Å². The van der Waals surface area contributed by atoms with Gasteiger partial charge in [-0.1, -0.05) is 12.1 Å². The number of anilines is 1. The van der Waals surface area contributed by atoms with Gasteiger partial charge in [0.2, 0.25) is 0 Å². The van der Waals surface area contributed by atoms with Gasteiger partial charge in [-0.2, -0.15) is 0 Å². The van der Waals surface area contributed by atoms with Gasteiger partial charge < -0.3 is 10.1 Å². The van der Waals surface area contributed by atoms with Crippen molar-refractivity contribution in [2.75, 3.05) is 5.32 Å². The molecular weight excluding hydrogens is 312 g/mol. The van der Waals surface area contributed by atoms with E-state index in [0.29, 0.717) is 5.75 Å². The molecule has 3 nitrogen and oxygen atoms in total. The molecule has 0 spiro atoms. The zero-order chi connectivity index (χ0) is 17.1. The van der Waals surface area contributed by atoms with E-state index < -0.39 is 29.3 Å². The third-order valence-corrected chi connectivity index (χ3v) is 4.21. The van der Waals surface area contributed by atoms with E-state index in [2.05, 4.69) is 5.32 Å². The number of rotatable bonds is 4. The Balaban J connectivity index is 1.68. The van der Waals surface area contributed by atoms with Gasteiger partial charge in [0.25, 0.3) is 5.91 Å². The Morgan fingerprint density at radius 1 is 1.08 bits per heavy atom. The fourth-order valence-electron chi connectivity index (χ4n) is 2.88. The van der Waals surface area contributed by atoms with Gasteiger partial charge in [-0.25, -0.2) is 8.78 Å². The summed E-state index contributed by atoms with van der Waals surface area (Å²) in [5.74, 6) is -1.64. The Bertz CT molecular complexity index is 741. The lowest BCUT2D eigenvalue weighted by atomic mass is 9.92. The summed E-state index contributed by atoms with van der Waals surface area (Å²) in [6.07, 6.45) is 3.55. The van der Waals surface area contributed by atoms with Crippen molar-refractivity contribution >= 4 is 11.6 Å². The fraction of sp³-hybridized carbons (Fsp3) is 0.316. The lowest BCUT2D eigenvalue weighted by Gasteiger charge is -2.19. The van der Waals surface area contributed by atoms with Crippen molar-refractivity contribution in [1.29, 1.82) is 0 Å². The molecule has 1 aliphatic rings. The zero-order valence-electron chi connectivity index (χ0n) is 13.4. The largest absolute Gasteiger partial charge is 0.481 e. The van der Waals surface area contributed by atoms with Crippen LogP contribution in [0.25, 0.3) is 0 Å². The van der Waals surface area contributed by atoms with E-state index in [1.807, 2.05) is 18.2 Å². The van der Waals surface area contributed by atoms with E-state index in [4.69, 9.17) is 4.74 Å². The number of hydrogen-bond acceptors (Lipinski definition) is 2. The molecule has 1 atom stereocenters. The summed E-state index contributed by atoms with van der Waals surface area (Å²) in [6.45, 7) is 1.55. The summed E-state index contributed by atoms with van der Waals surface area (Å²) >= 11 is 0. The molecule has 0 radical (unpaired) electrons. The first-order valence-electron chi connectivity index (χ1n) is 8.08. The minimum atomic E-state index is -0.870. The molecule has 24 heavy (non-hydrogen) atoms. The smallest absolute Gasteiger partial charge is 0.265 e. The second kappa shape index (κ2) is 6.99. The molecule has 1 aliphatic carbocycles. The maximum atomic E-state index is 13.6. The number of halogens is 2. The van der Waals surface area contributed by atoms with Crippen LogP contribution in [0, 0.1) is 11.6 Å². The number of ether oxygens (including phenoxy) is 1. The molecule has 0 heterocycles. The maximum Gasteiger partial charge on any atom is 0.265 e. The first-order valence-corrected chi connectivity index (χ1v) is 8.08. The lowest BCUT2D eigenvalue weighted by Crippen LogP contribution is -2.31. The van der Waals surface area contributed by atoms with Crippen LogP contribution < -0.4 is 10.1 Å². The van der Waals surface area contributed by atoms with Crippen molar-refractivity contribution < 1.29 is 18.3 Å². The molecule has 0 aliphatic heterocycles. The fourth-order valence-corrected chi connectivity index (χ4v) is 2.88. The van der Waals surface area contributed by atoms with Crippen molar-refractivity contribution in [1.82, 2.24) is 0 Å². The van der Waals surface area contributed by atoms with E-state index in [1.165, 1.54) is 23.6 Å². The molecule has 0 saturated carbocycles. The van der Waals surface area contributed by atoms with Crippen LogP contribution in [0.5, 0.6) is 5.75 Å². The first-order chi connectivity index (χ1) is 11.5. The van der Waals surface area contributed by atoms with Crippen LogP contribution in [0.2, 0.25) is 0 Å². The summed E-state index contributed by atoms with van der Waals surface area (Å²) in [7, 11) is 0. The molecule has 126 valence electrons. The third-order valence-electron chi connectivity index (χ3n) is 4.21. The van der Waals surface area contributed by atoms with Gasteiger partial charge >= 0.3 is 0 Å². The first kappa shape index (κ1) is 16.4. The summed E-state index contributed by atoms with van der Waals surface area (Å²) in [5.41, 5.74) is 2.11. The molecule has 1 amide bonds. The van der Waals surface area contributed by atoms with Gasteiger partial charge in [0, 0.05) is 0 Å². The molecule has 3 rings (SSSR count). The van der Waals surface area contributed by atoms with Crippen LogP contribution in [0.15, 0.2) is 36.4 Å². The topological polar surface area (TPSA) is 38.3 Å². The number of benzene rings is 2. The van der Waals surface area contributed by atoms with Gasteiger partial charge in [0.1, 0.15) is 23.1 Å². The third kappa shape index (κ3) is 3.55. The number of amides is 1. The predicted octanol–water partition coefficient (Wildman–Crippen LogP) is 4.25. The van der Waals surface area contributed by atoms with Gasteiger partial charge in [-0.15, -0.1) is 0 Å². The molecule has 2 aromatic rings. The molecule has 0 unspecified atom stereocenters. The molecule has 0 fully saturated rings. The molecular formula is C19H19F2NO2. The van der Waals surface area contributed by atoms with Crippen LogP contribution in [-0.4, -0.2) is 12.0 Å². The molecule has 1 N–H and O–H groups in total. The Kier molecular flexibility index (Phi) is 4.79. The predicted molar refractivity (Wildman–Crippen MR) is 88.2 cm³/mol. The Morgan fingerprint density at radius 2 is 1.75 bits per heavy atom. The highest BCUT2D eigenvalue weighted by atomic mass is 19.1. The highest BCUT2D eigenvalue weighted by Crippen LogP contribution is 2.26. The van der Waals surface area contributed by atoms with Gasteiger partial charge in [-0.05, 0) is 68.0 Å². The quantitative estimate of drug-likeness (QED) is 0.909. The Hall–Kier alpha value is -2.43. The average Bonchev–Trinajstić information content (AvgIpc) is 2.58. The molecule has 0 saturated heterocycles. The molecule has 2 aromatic carbocycles. The summed E-state index contributed by atoms with van der Waals surface area (Å²) < 4.78 is 32.8. The maximum absolute atomic E-state index is 13.6. The van der Waals surface area contributed by atoms with E-state index in [1.54, 1.807) is 6.92 Å². The summed E-state index contributed by atoms with van der Waals surface area (Å²) in [4.78, 5) is 12.1. The van der Waals surface area contributed by atoms with Crippen molar-refractivity contribution in [3.63, 3.8) is 0 Å². The monoisotopic (exact) mass is 331 g/mol. The second-order valence-corrected chi connectivity index (χ2v) is 5.98. The summed E-state index contributed by atoms with van der Waals surface area (Å²) in [5, 5.41) is 2.25. The molecule has 0 bridgehead atoms. The number of fused-ring (bicyclic) bond motifs is 1. The number of para-hydroxylation sites is 1. The minimum Gasteiger partial charge on any atom is -0.481 e. The highest BCUT2D eigenvalue weighted by molar-refractivity contribution is 5.94. The number of carbonyl (C=O) groups is 1. The Labute approximate surface area is 139 Å². The van der Waals surface area contributed by atoms with Crippen LogP contribution in [0.3, 0.4) is 0 Å². The van der Waals surface area contributed by atoms with Crippen LogP contribution in [-0.2, 0) is 17.6 Å². The SMILES string of the molecule is C[C@@H](Oc1ccc2c(c1)CCCC2)C(=O)Nc1c(F)cccc1F. The van der Waals surface area contributed by atoms with E-state index >= 15 is 0 Å². The summed E-state index contributed by atoms with van der Waals surface area (Å²) in [6, 6.07) is 9.22. The van der Waals surface area contributed by atoms with Crippen molar-refractivity contribution in [3.8, 4) is 5.75 Å². The van der Waals surface area contributed by atoms with E-state index in [0.717, 1.165) is 31.4 Å². The standard InChI is InChI=1S/C19H19F2NO2/c1-12(19(23)22-18-16(20)7-4-8-17(18)21)24-15-10-9-13-5-2-3-6-14(13)11-15/h4,7-12H,2-3,5-6H2,1H3,(H,22,23)/t12-/m1/s1. The van der Waals surface area contributed by atoms with Crippen molar-refractivity contribution in [3.05, 3.63) is 59.2 Å². The van der Waals surface area contributed by atoms with Crippen LogP contribution in [0.1, 0.15) is 30.9 Å². The minimum absolute atomic E-state index is 0.455. The van der Waals surface area contributed by atoms with Crippen LogP contribution >= 0.6 is 0 Å². The van der Waals surface area contributed by atoms with Crippen molar-refractivity contribution in [2.45, 2.75) is 38.7 Å². The van der Waals surface area contributed by atoms with Crippen molar-refractivity contribution in [2.24, 2.45) is 0 Å². The van der Waals surface area contributed by atoms with Gasteiger partial charge in [-0.3, -0.25) is 4.79 Å². The Morgan fingerprint density at radius 3 is 2.46 bits per heavy atom. The zero-order valence-corrected chi connectivity index (χ0v) is 13.4. The number of nitrogens with one attached hydrogen (secondary N) is 1. The highest BCUT2D eigenvalue weighted by Gasteiger charge is 2.19. The second-order valence-electron chi connectivity index (χ2n) is 5.98.